The summed E-state index contributed by atoms with van der Waals surface area (Å²) >= 11 is 0. The Bertz CT molecular complexity index is 262. The lowest BCUT2D eigenvalue weighted by atomic mass is 10.3. The molecule has 1 aromatic rings. The minimum atomic E-state index is 0.671. The highest BCUT2D eigenvalue weighted by Gasteiger charge is 2.05. The van der Waals surface area contributed by atoms with Crippen LogP contribution in [0.3, 0.4) is 0 Å². The van der Waals surface area contributed by atoms with Crippen LogP contribution in [0.15, 0.2) is 18.5 Å². The number of hydrogen-bond donors (Lipinski definition) is 1. The van der Waals surface area contributed by atoms with Gasteiger partial charge in [0.1, 0.15) is 11.9 Å². The third-order valence-electron chi connectivity index (χ3n) is 1.21. The van der Waals surface area contributed by atoms with Crippen molar-refractivity contribution in [1.29, 1.82) is 0 Å². The smallest absolute Gasteiger partial charge is 0.380 e. The van der Waals surface area contributed by atoms with Gasteiger partial charge in [0.15, 0.2) is 0 Å². The van der Waals surface area contributed by atoms with E-state index in [9.17, 15) is 0 Å². The van der Waals surface area contributed by atoms with Crippen molar-refractivity contribution in [2.75, 3.05) is 12.4 Å². The average molecular weight is 134 g/mol. The van der Waals surface area contributed by atoms with E-state index in [4.69, 9.17) is 6.57 Å². The van der Waals surface area contributed by atoms with Crippen molar-refractivity contribution in [2.45, 2.75) is 0 Å². The molecule has 0 aliphatic carbocycles. The summed E-state index contributed by atoms with van der Waals surface area (Å²) in [6, 6.07) is 1.81. The fourth-order valence-electron chi connectivity index (χ4n) is 0.700. The molecule has 3 heteroatoms. The van der Waals surface area contributed by atoms with Gasteiger partial charge in [-0.05, 0) is 10.9 Å². The van der Waals surface area contributed by atoms with Gasteiger partial charge < -0.3 is 5.32 Å². The first-order chi connectivity index (χ1) is 4.88. The summed E-state index contributed by atoms with van der Waals surface area (Å²) in [7, 11) is 1.81. The van der Waals surface area contributed by atoms with E-state index in [0.29, 0.717) is 5.69 Å². The summed E-state index contributed by atoms with van der Waals surface area (Å²) in [5.74, 6) is 0. The Balaban J connectivity index is 3.12. The molecule has 0 saturated carbocycles. The van der Waals surface area contributed by atoms with Crippen LogP contribution in [0.25, 0.3) is 4.85 Å². The van der Waals surface area contributed by atoms with E-state index in [0.717, 1.165) is 5.69 Å². The Morgan fingerprint density at radius 1 is 1.70 bits per heavy atom. The highest BCUT2D eigenvalue weighted by molar-refractivity contribution is 5.67. The van der Waals surface area contributed by atoms with Crippen molar-refractivity contribution in [2.24, 2.45) is 0 Å². The molecule has 0 aliphatic rings. The predicted molar refractivity (Wildman–Crippen MR) is 41.7 cm³/mol. The van der Waals surface area contributed by atoms with Crippen molar-refractivity contribution >= 4 is 11.4 Å². The molecule has 0 unspecified atom stereocenters. The second-order valence-corrected chi connectivity index (χ2v) is 1.77. The first-order valence-corrected chi connectivity index (χ1v) is 2.91. The van der Waals surface area contributed by atoms with Crippen molar-refractivity contribution < 1.29 is 0 Å². The average Bonchev–Trinajstić information content (AvgIpc) is 2.04. The maximum absolute atomic E-state index is 5.07. The third kappa shape index (κ3) is 1.06. The monoisotopic (exact) mass is 134 g/mol. The summed E-state index contributed by atoms with van der Waals surface area (Å²) in [4.78, 5) is 7.37. The van der Waals surface area contributed by atoms with E-state index in [1.54, 1.807) is 12.4 Å². The fourth-order valence-corrected chi connectivity index (χ4v) is 0.700. The summed E-state index contributed by atoms with van der Waals surface area (Å²) in [5, 5.41) is 2.93. The largest absolute Gasteiger partial charge is 0.382 e. The molecule has 0 bridgehead atoms. The number of pyridine rings is 1. The first kappa shape index (κ1) is 6.56. The van der Waals surface area contributed by atoms with Crippen LogP contribution in [-0.2, 0) is 0 Å². The van der Waals surface area contributed by atoms with E-state index in [1.807, 2.05) is 13.1 Å². The van der Waals surface area contributed by atoms with Gasteiger partial charge in [0.2, 0.25) is 0 Å². The SMILES string of the molecule is C#[N+]c1cnccc1NC. The second kappa shape index (κ2) is 2.83. The maximum atomic E-state index is 5.07. The minimum Gasteiger partial charge on any atom is -0.382 e. The lowest BCUT2D eigenvalue weighted by Gasteiger charge is -1.92. The summed E-state index contributed by atoms with van der Waals surface area (Å²) in [6.07, 6.45) is 3.28. The van der Waals surface area contributed by atoms with Gasteiger partial charge >= 0.3 is 5.69 Å². The van der Waals surface area contributed by atoms with Gasteiger partial charge in [-0.1, -0.05) is 0 Å². The minimum absolute atomic E-state index is 0.671. The first-order valence-electron chi connectivity index (χ1n) is 2.91. The molecule has 1 N–H and O–H groups in total. The maximum Gasteiger partial charge on any atom is 0.380 e. The van der Waals surface area contributed by atoms with Crippen LogP contribution in [0.1, 0.15) is 0 Å². The molecule has 1 heterocycles. The Kier molecular flexibility index (Phi) is 1.86. The summed E-state index contributed by atoms with van der Waals surface area (Å²) < 4.78 is 0. The van der Waals surface area contributed by atoms with Crippen LogP contribution >= 0.6 is 0 Å². The molecule has 0 aliphatic heterocycles. The van der Waals surface area contributed by atoms with E-state index in [2.05, 4.69) is 15.1 Å². The molecule has 0 aromatic carbocycles. The quantitative estimate of drug-likeness (QED) is 0.633. The van der Waals surface area contributed by atoms with Crippen LogP contribution in [0.5, 0.6) is 0 Å². The van der Waals surface area contributed by atoms with Crippen LogP contribution in [0.2, 0.25) is 0 Å². The Morgan fingerprint density at radius 2 is 2.50 bits per heavy atom. The summed E-state index contributed by atoms with van der Waals surface area (Å²) in [6.45, 7) is 5.07. The van der Waals surface area contributed by atoms with Gasteiger partial charge in [0, 0.05) is 13.2 Å². The van der Waals surface area contributed by atoms with Crippen molar-refractivity contribution in [3.63, 3.8) is 0 Å². The molecule has 0 amide bonds. The Labute approximate surface area is 59.5 Å². The number of aromatic nitrogens is 1. The van der Waals surface area contributed by atoms with E-state index < -0.39 is 0 Å². The molecule has 1 rings (SSSR count). The molecule has 50 valence electrons. The standard InChI is InChI=1S/C7H8N3/c1-8-6-3-4-10-5-7(6)9-2/h2-5H,1H3,(H,8,10)/q+1. The lowest BCUT2D eigenvalue weighted by Crippen LogP contribution is -1.87. The van der Waals surface area contributed by atoms with Crippen molar-refractivity contribution in [1.82, 2.24) is 4.98 Å². The van der Waals surface area contributed by atoms with Gasteiger partial charge in [-0.25, -0.2) is 0 Å². The topological polar surface area (TPSA) is 29.3 Å². The van der Waals surface area contributed by atoms with Crippen LogP contribution in [-0.4, -0.2) is 12.0 Å². The number of nitrogens with zero attached hydrogens (tertiary/aromatic N) is 2. The highest BCUT2D eigenvalue weighted by atomic mass is 14.9. The molecule has 0 atom stereocenters. The van der Waals surface area contributed by atoms with Crippen molar-refractivity contribution in [3.8, 4) is 6.57 Å². The molecule has 0 spiro atoms. The van der Waals surface area contributed by atoms with E-state index >= 15 is 0 Å². The fraction of sp³-hybridized carbons (Fsp3) is 0.143. The zero-order chi connectivity index (χ0) is 7.40. The Hall–Kier alpha value is -1.56. The second-order valence-electron chi connectivity index (χ2n) is 1.77. The molecule has 10 heavy (non-hydrogen) atoms. The molecule has 0 radical (unpaired) electrons. The Morgan fingerprint density at radius 3 is 3.00 bits per heavy atom. The summed E-state index contributed by atoms with van der Waals surface area (Å²) in [5.41, 5.74) is 1.56. The molecule has 1 aromatic heterocycles. The molecule has 0 fully saturated rings. The molecular weight excluding hydrogens is 126 g/mol. The van der Waals surface area contributed by atoms with Crippen molar-refractivity contribution in [3.05, 3.63) is 23.3 Å². The predicted octanol–water partition coefficient (Wildman–Crippen LogP) is 1.72. The molecule has 0 saturated heterocycles. The lowest BCUT2D eigenvalue weighted by molar-refractivity contribution is 1.33. The normalized spacial score (nSPS) is 8.40. The molecule has 3 nitrogen and oxygen atoms in total. The van der Waals surface area contributed by atoms with Crippen LogP contribution in [0.4, 0.5) is 11.4 Å². The van der Waals surface area contributed by atoms with Gasteiger partial charge in [-0.15, -0.1) is 0 Å². The number of rotatable bonds is 1. The molecular formula is C7H8N3+. The van der Waals surface area contributed by atoms with E-state index in [-0.39, 0.29) is 0 Å². The van der Waals surface area contributed by atoms with Gasteiger partial charge in [-0.3, -0.25) is 4.98 Å². The number of nitrogens with one attached hydrogen (secondary N) is 1. The van der Waals surface area contributed by atoms with Gasteiger partial charge in [0.05, 0.1) is 0 Å². The highest BCUT2D eigenvalue weighted by Crippen LogP contribution is 2.21. The van der Waals surface area contributed by atoms with Crippen LogP contribution < -0.4 is 5.32 Å². The van der Waals surface area contributed by atoms with E-state index in [1.165, 1.54) is 0 Å². The zero-order valence-corrected chi connectivity index (χ0v) is 5.70. The van der Waals surface area contributed by atoms with Gasteiger partial charge in [-0.2, -0.15) is 0 Å². The number of hydrogen-bond acceptors (Lipinski definition) is 2. The third-order valence-corrected chi connectivity index (χ3v) is 1.21. The van der Waals surface area contributed by atoms with Gasteiger partial charge in [0.25, 0.3) is 6.57 Å². The van der Waals surface area contributed by atoms with Crippen LogP contribution in [0, 0.1) is 6.57 Å². The number of anilines is 1. The zero-order valence-electron chi connectivity index (χ0n) is 5.70.